The number of nitrogens with two attached hydrogens (primary N) is 4. The lowest BCUT2D eigenvalue weighted by molar-refractivity contribution is -0.100. The lowest BCUT2D eigenvalue weighted by Crippen LogP contribution is -2.65. The van der Waals surface area contributed by atoms with Gasteiger partial charge >= 0.3 is 0 Å². The van der Waals surface area contributed by atoms with Gasteiger partial charge in [0.2, 0.25) is 0 Å². The summed E-state index contributed by atoms with van der Waals surface area (Å²) in [4.78, 5) is 0. The van der Waals surface area contributed by atoms with Crippen molar-refractivity contribution in [1.29, 1.82) is 0 Å². The van der Waals surface area contributed by atoms with E-state index in [4.69, 9.17) is 22.9 Å². The van der Waals surface area contributed by atoms with Crippen LogP contribution in [0.15, 0.2) is 0 Å². The highest BCUT2D eigenvalue weighted by atomic mass is 14.8. The van der Waals surface area contributed by atoms with Crippen molar-refractivity contribution in [2.45, 2.75) is 62.7 Å². The maximum Gasteiger partial charge on any atom is 0.00848 e. The Morgan fingerprint density at radius 2 is 0.700 bits per heavy atom. The van der Waals surface area contributed by atoms with Gasteiger partial charge in [-0.2, -0.15) is 0 Å². The average molecular weight is 278 g/mol. The molecule has 0 bridgehead atoms. The summed E-state index contributed by atoms with van der Waals surface area (Å²) in [7, 11) is 0. The molecule has 0 saturated heterocycles. The van der Waals surface area contributed by atoms with Crippen molar-refractivity contribution < 1.29 is 0 Å². The van der Waals surface area contributed by atoms with Gasteiger partial charge in [0.1, 0.15) is 0 Å². The third-order valence-electron chi connectivity index (χ3n) is 7.38. The van der Waals surface area contributed by atoms with Crippen LogP contribution >= 0.6 is 0 Å². The normalized spacial score (nSPS) is 61.8. The van der Waals surface area contributed by atoms with Crippen molar-refractivity contribution in [3.8, 4) is 0 Å². The molecular weight excluding hydrogens is 248 g/mol. The summed E-state index contributed by atoms with van der Waals surface area (Å²) in [6, 6.07) is 1.22. The van der Waals surface area contributed by atoms with Gasteiger partial charge in [-0.15, -0.1) is 0 Å². The highest BCUT2D eigenvalue weighted by Crippen LogP contribution is 2.58. The minimum atomic E-state index is 0.306. The fraction of sp³-hybridized carbons (Fsp3) is 1.00. The summed E-state index contributed by atoms with van der Waals surface area (Å²) in [5, 5.41) is 0. The molecule has 20 heavy (non-hydrogen) atoms. The first-order chi connectivity index (χ1) is 9.58. The van der Waals surface area contributed by atoms with Crippen molar-refractivity contribution >= 4 is 0 Å². The molecule has 0 aromatic heterocycles. The lowest BCUT2D eigenvalue weighted by Gasteiger charge is -2.62. The second-order valence-electron chi connectivity index (χ2n) is 8.09. The molecule has 0 aliphatic heterocycles. The standard InChI is InChI=1S/C16H30N4/c17-11-5-13(19)9-3-4-10-14(20)6-12(18)8-2-1-7(11)15(9)16(8)10/h7-16H,1-6,17-20H2. The zero-order valence-corrected chi connectivity index (χ0v) is 12.3. The van der Waals surface area contributed by atoms with Crippen LogP contribution in [0.5, 0.6) is 0 Å². The van der Waals surface area contributed by atoms with Gasteiger partial charge in [-0.05, 0) is 74.0 Å². The number of rotatable bonds is 0. The Bertz CT molecular complexity index is 319. The van der Waals surface area contributed by atoms with Crippen molar-refractivity contribution in [2.24, 2.45) is 58.4 Å². The van der Waals surface area contributed by atoms with Gasteiger partial charge in [0.25, 0.3) is 0 Å². The Hall–Kier alpha value is -0.160. The Morgan fingerprint density at radius 1 is 0.450 bits per heavy atom. The van der Waals surface area contributed by atoms with Gasteiger partial charge in [-0.1, -0.05) is 0 Å². The Morgan fingerprint density at radius 3 is 0.950 bits per heavy atom. The first kappa shape index (κ1) is 13.5. The van der Waals surface area contributed by atoms with E-state index in [1.54, 1.807) is 0 Å². The summed E-state index contributed by atoms with van der Waals surface area (Å²) < 4.78 is 0. The Kier molecular flexibility index (Phi) is 3.15. The highest BCUT2D eigenvalue weighted by molar-refractivity contribution is 5.10. The molecule has 4 aliphatic rings. The van der Waals surface area contributed by atoms with E-state index < -0.39 is 0 Å². The molecule has 0 radical (unpaired) electrons. The third kappa shape index (κ3) is 1.75. The first-order valence-electron chi connectivity index (χ1n) is 8.60. The van der Waals surface area contributed by atoms with Crippen LogP contribution in [0.1, 0.15) is 38.5 Å². The number of hydrogen-bond donors (Lipinski definition) is 4. The van der Waals surface area contributed by atoms with E-state index in [2.05, 4.69) is 0 Å². The van der Waals surface area contributed by atoms with Gasteiger partial charge < -0.3 is 22.9 Å². The molecule has 0 aromatic rings. The van der Waals surface area contributed by atoms with E-state index in [1.165, 1.54) is 25.7 Å². The van der Waals surface area contributed by atoms with Crippen molar-refractivity contribution in [3.05, 3.63) is 0 Å². The SMILES string of the molecule is NC1CC(N)C2CCC3C(N)CC(N)C4CCC1C2C43. The molecule has 8 atom stereocenters. The van der Waals surface area contributed by atoms with Gasteiger partial charge in [-0.3, -0.25) is 0 Å². The predicted octanol–water partition coefficient (Wildman–Crippen LogP) is 0.388. The van der Waals surface area contributed by atoms with E-state index in [0.717, 1.165) is 12.8 Å². The van der Waals surface area contributed by atoms with Gasteiger partial charge in [0, 0.05) is 24.2 Å². The van der Waals surface area contributed by atoms with E-state index in [1.807, 2.05) is 0 Å². The van der Waals surface area contributed by atoms with Gasteiger partial charge in [0.15, 0.2) is 0 Å². The van der Waals surface area contributed by atoms with Crippen LogP contribution in [0.25, 0.3) is 0 Å². The molecule has 114 valence electrons. The fourth-order valence-electron chi connectivity index (χ4n) is 6.64. The molecule has 0 aromatic carbocycles. The van der Waals surface area contributed by atoms with Crippen LogP contribution in [0.4, 0.5) is 0 Å². The maximum atomic E-state index is 6.46. The summed E-state index contributed by atoms with van der Waals surface area (Å²) in [5.41, 5.74) is 25.8. The van der Waals surface area contributed by atoms with Crippen LogP contribution in [-0.4, -0.2) is 24.2 Å². The Labute approximate surface area is 122 Å². The summed E-state index contributed by atoms with van der Waals surface area (Å²) in [5.74, 6) is 4.15. The van der Waals surface area contributed by atoms with Gasteiger partial charge in [0.05, 0.1) is 0 Å². The van der Waals surface area contributed by atoms with Crippen LogP contribution in [0.3, 0.4) is 0 Å². The molecule has 0 heterocycles. The average Bonchev–Trinajstić information content (AvgIpc) is 2.42. The second kappa shape index (κ2) is 4.67. The Balaban J connectivity index is 1.71. The first-order valence-corrected chi connectivity index (χ1v) is 8.60. The van der Waals surface area contributed by atoms with Crippen molar-refractivity contribution in [1.82, 2.24) is 0 Å². The molecule has 0 spiro atoms. The van der Waals surface area contributed by atoms with Gasteiger partial charge in [-0.25, -0.2) is 0 Å². The quantitative estimate of drug-likeness (QED) is 0.514. The molecule has 4 heteroatoms. The molecule has 4 saturated carbocycles. The van der Waals surface area contributed by atoms with Crippen molar-refractivity contribution in [2.75, 3.05) is 0 Å². The second-order valence-corrected chi connectivity index (χ2v) is 8.09. The molecule has 4 aliphatic carbocycles. The molecule has 8 unspecified atom stereocenters. The van der Waals surface area contributed by atoms with E-state index >= 15 is 0 Å². The largest absolute Gasteiger partial charge is 0.327 e. The van der Waals surface area contributed by atoms with Crippen LogP contribution < -0.4 is 22.9 Å². The zero-order valence-electron chi connectivity index (χ0n) is 12.3. The molecule has 4 rings (SSSR count). The van der Waals surface area contributed by atoms with E-state index in [0.29, 0.717) is 59.7 Å². The van der Waals surface area contributed by atoms with Crippen LogP contribution in [0, 0.1) is 35.5 Å². The summed E-state index contributed by atoms with van der Waals surface area (Å²) >= 11 is 0. The molecule has 4 nitrogen and oxygen atoms in total. The summed E-state index contributed by atoms with van der Waals surface area (Å²) in [6.07, 6.45) is 7.12. The van der Waals surface area contributed by atoms with E-state index in [9.17, 15) is 0 Å². The topological polar surface area (TPSA) is 104 Å². The monoisotopic (exact) mass is 278 g/mol. The minimum Gasteiger partial charge on any atom is -0.327 e. The smallest absolute Gasteiger partial charge is 0.00848 e. The third-order valence-corrected chi connectivity index (χ3v) is 7.38. The fourth-order valence-corrected chi connectivity index (χ4v) is 6.64. The molecule has 0 amide bonds. The van der Waals surface area contributed by atoms with E-state index in [-0.39, 0.29) is 0 Å². The van der Waals surface area contributed by atoms with Crippen LogP contribution in [0.2, 0.25) is 0 Å². The molecule has 4 fully saturated rings. The molecular formula is C16H30N4. The molecule has 8 N–H and O–H groups in total. The lowest BCUT2D eigenvalue weighted by atomic mass is 9.45. The highest BCUT2D eigenvalue weighted by Gasteiger charge is 2.57. The zero-order chi connectivity index (χ0) is 14.0. The maximum absolute atomic E-state index is 6.46. The minimum absolute atomic E-state index is 0.306. The number of hydrogen-bond acceptors (Lipinski definition) is 4. The van der Waals surface area contributed by atoms with Crippen LogP contribution in [-0.2, 0) is 0 Å². The summed E-state index contributed by atoms with van der Waals surface area (Å²) in [6.45, 7) is 0. The predicted molar refractivity (Wildman–Crippen MR) is 80.5 cm³/mol. The van der Waals surface area contributed by atoms with Crippen molar-refractivity contribution in [3.63, 3.8) is 0 Å².